The number of nitrogens with zero attached hydrogens (tertiary/aromatic N) is 2. The van der Waals surface area contributed by atoms with Crippen molar-refractivity contribution in [2.24, 2.45) is 4.99 Å². The molecule has 116 valence electrons. The fourth-order valence-corrected chi connectivity index (χ4v) is 2.76. The standard InChI is InChI=1S/C20H16N4/c21-19-18-4-2-1-3-17(18)16(13-24-19)10-7-14-5-8-15(9-6-14)20-22-11-12-23-20/h1-6,8-9,13H,11-12H2,(H2,21,24)(H,22,23). The van der Waals surface area contributed by atoms with Crippen LogP contribution in [0.4, 0.5) is 5.82 Å². The van der Waals surface area contributed by atoms with Gasteiger partial charge < -0.3 is 11.1 Å². The third-order valence-electron chi connectivity index (χ3n) is 4.00. The fraction of sp³-hybridized carbons (Fsp3) is 0.100. The van der Waals surface area contributed by atoms with Crippen molar-refractivity contribution in [3.8, 4) is 11.8 Å². The Labute approximate surface area is 140 Å². The molecule has 0 atom stereocenters. The average Bonchev–Trinajstić information content (AvgIpc) is 3.17. The van der Waals surface area contributed by atoms with Crippen LogP contribution in [-0.4, -0.2) is 23.9 Å². The zero-order valence-electron chi connectivity index (χ0n) is 13.1. The van der Waals surface area contributed by atoms with Crippen molar-refractivity contribution in [1.29, 1.82) is 0 Å². The predicted octanol–water partition coefficient (Wildman–Crippen LogP) is 2.57. The lowest BCUT2D eigenvalue weighted by Crippen LogP contribution is -2.19. The Hall–Kier alpha value is -3.32. The number of pyridine rings is 1. The van der Waals surface area contributed by atoms with Crippen LogP contribution in [0, 0.1) is 11.8 Å². The minimum Gasteiger partial charge on any atom is -0.383 e. The van der Waals surface area contributed by atoms with Gasteiger partial charge in [0.1, 0.15) is 11.7 Å². The van der Waals surface area contributed by atoms with Gasteiger partial charge in [-0.2, -0.15) is 0 Å². The molecule has 0 aliphatic carbocycles. The maximum atomic E-state index is 5.93. The highest BCUT2D eigenvalue weighted by atomic mass is 15.1. The van der Waals surface area contributed by atoms with E-state index in [1.807, 2.05) is 48.5 Å². The monoisotopic (exact) mass is 312 g/mol. The molecule has 0 fully saturated rings. The number of aliphatic imine (C=N–C) groups is 1. The largest absolute Gasteiger partial charge is 0.383 e. The summed E-state index contributed by atoms with van der Waals surface area (Å²) >= 11 is 0. The quantitative estimate of drug-likeness (QED) is 0.679. The molecule has 0 radical (unpaired) electrons. The normalized spacial score (nSPS) is 13.1. The van der Waals surface area contributed by atoms with Crippen LogP contribution in [0.2, 0.25) is 0 Å². The second-order valence-electron chi connectivity index (χ2n) is 5.59. The first kappa shape index (κ1) is 14.3. The minimum absolute atomic E-state index is 0.533. The molecule has 3 N–H and O–H groups in total. The van der Waals surface area contributed by atoms with E-state index >= 15 is 0 Å². The molecule has 1 aliphatic heterocycles. The Morgan fingerprint density at radius 3 is 2.50 bits per heavy atom. The molecule has 0 spiro atoms. The lowest BCUT2D eigenvalue weighted by atomic mass is 10.1. The van der Waals surface area contributed by atoms with Crippen LogP contribution in [0.5, 0.6) is 0 Å². The van der Waals surface area contributed by atoms with E-state index in [1.165, 1.54) is 0 Å². The number of rotatable bonds is 1. The fourth-order valence-electron chi connectivity index (χ4n) is 2.76. The third kappa shape index (κ3) is 2.68. The summed E-state index contributed by atoms with van der Waals surface area (Å²) in [4.78, 5) is 8.66. The summed E-state index contributed by atoms with van der Waals surface area (Å²) in [6.45, 7) is 1.75. The lowest BCUT2D eigenvalue weighted by Gasteiger charge is -2.03. The van der Waals surface area contributed by atoms with Gasteiger partial charge in [0.25, 0.3) is 0 Å². The Balaban J connectivity index is 1.66. The van der Waals surface area contributed by atoms with Crippen molar-refractivity contribution in [3.05, 3.63) is 71.4 Å². The van der Waals surface area contributed by atoms with Crippen molar-refractivity contribution in [1.82, 2.24) is 10.3 Å². The highest BCUT2D eigenvalue weighted by molar-refractivity contribution is 5.99. The maximum Gasteiger partial charge on any atom is 0.131 e. The number of anilines is 1. The first-order chi connectivity index (χ1) is 11.8. The molecule has 4 rings (SSSR count). The SMILES string of the molecule is Nc1ncc(C#Cc2ccc(C3=NCCN3)cc2)c2ccccc12. The van der Waals surface area contributed by atoms with E-state index in [9.17, 15) is 0 Å². The Kier molecular flexibility index (Phi) is 3.60. The third-order valence-corrected chi connectivity index (χ3v) is 4.00. The first-order valence-electron chi connectivity index (χ1n) is 7.85. The van der Waals surface area contributed by atoms with E-state index < -0.39 is 0 Å². The molecule has 4 heteroatoms. The molecule has 1 aliphatic rings. The summed E-state index contributed by atoms with van der Waals surface area (Å²) in [5.41, 5.74) is 8.86. The van der Waals surface area contributed by atoms with Crippen molar-refractivity contribution < 1.29 is 0 Å². The second-order valence-corrected chi connectivity index (χ2v) is 5.59. The zero-order valence-corrected chi connectivity index (χ0v) is 13.1. The first-order valence-corrected chi connectivity index (χ1v) is 7.85. The zero-order chi connectivity index (χ0) is 16.4. The van der Waals surface area contributed by atoms with E-state index in [0.29, 0.717) is 5.82 Å². The van der Waals surface area contributed by atoms with Crippen LogP contribution in [0.15, 0.2) is 59.7 Å². The van der Waals surface area contributed by atoms with Gasteiger partial charge in [-0.25, -0.2) is 4.98 Å². The number of hydrogen-bond acceptors (Lipinski definition) is 4. The second kappa shape index (κ2) is 6.05. The summed E-state index contributed by atoms with van der Waals surface area (Å²) in [6.07, 6.45) is 1.73. The van der Waals surface area contributed by atoms with Crippen LogP contribution < -0.4 is 11.1 Å². The number of aromatic nitrogens is 1. The van der Waals surface area contributed by atoms with Gasteiger partial charge in [0.2, 0.25) is 0 Å². The average molecular weight is 312 g/mol. The van der Waals surface area contributed by atoms with E-state index in [-0.39, 0.29) is 0 Å². The summed E-state index contributed by atoms with van der Waals surface area (Å²) in [5, 5.41) is 5.23. The topological polar surface area (TPSA) is 63.3 Å². The van der Waals surface area contributed by atoms with Gasteiger partial charge in [0, 0.05) is 34.6 Å². The van der Waals surface area contributed by atoms with Crippen LogP contribution in [0.1, 0.15) is 16.7 Å². The molecule has 2 heterocycles. The van der Waals surface area contributed by atoms with Gasteiger partial charge in [-0.3, -0.25) is 4.99 Å². The predicted molar refractivity (Wildman–Crippen MR) is 98.0 cm³/mol. The van der Waals surface area contributed by atoms with Gasteiger partial charge in [0.05, 0.1) is 12.1 Å². The number of nitrogens with two attached hydrogens (primary N) is 1. The van der Waals surface area contributed by atoms with E-state index in [1.54, 1.807) is 6.20 Å². The molecule has 2 aromatic carbocycles. The number of hydrogen-bond donors (Lipinski definition) is 2. The van der Waals surface area contributed by atoms with Crippen molar-refractivity contribution in [3.63, 3.8) is 0 Å². The molecular formula is C20H16N4. The summed E-state index contributed by atoms with van der Waals surface area (Å²) < 4.78 is 0. The molecule has 0 unspecified atom stereocenters. The number of fused-ring (bicyclic) bond motifs is 1. The molecular weight excluding hydrogens is 296 g/mol. The minimum atomic E-state index is 0.533. The molecule has 4 nitrogen and oxygen atoms in total. The molecule has 1 aromatic heterocycles. The highest BCUT2D eigenvalue weighted by Crippen LogP contribution is 2.21. The summed E-state index contributed by atoms with van der Waals surface area (Å²) in [7, 11) is 0. The highest BCUT2D eigenvalue weighted by Gasteiger charge is 2.07. The van der Waals surface area contributed by atoms with E-state index in [0.717, 1.165) is 46.4 Å². The Morgan fingerprint density at radius 2 is 1.75 bits per heavy atom. The number of nitrogen functional groups attached to an aromatic ring is 1. The van der Waals surface area contributed by atoms with Crippen LogP contribution >= 0.6 is 0 Å². The van der Waals surface area contributed by atoms with Crippen molar-refractivity contribution in [2.75, 3.05) is 18.8 Å². The van der Waals surface area contributed by atoms with Crippen molar-refractivity contribution >= 4 is 22.4 Å². The molecule has 3 aromatic rings. The number of nitrogens with one attached hydrogen (secondary N) is 1. The van der Waals surface area contributed by atoms with E-state index in [2.05, 4.69) is 27.1 Å². The summed E-state index contributed by atoms with van der Waals surface area (Å²) in [5.74, 6) is 7.90. The van der Waals surface area contributed by atoms with Gasteiger partial charge in [0.15, 0.2) is 0 Å². The van der Waals surface area contributed by atoms with E-state index in [4.69, 9.17) is 5.73 Å². The Morgan fingerprint density at radius 1 is 0.958 bits per heavy atom. The smallest absolute Gasteiger partial charge is 0.131 e. The van der Waals surface area contributed by atoms with Crippen LogP contribution in [-0.2, 0) is 0 Å². The van der Waals surface area contributed by atoms with Crippen LogP contribution in [0.25, 0.3) is 10.8 Å². The van der Waals surface area contributed by atoms with Gasteiger partial charge >= 0.3 is 0 Å². The van der Waals surface area contributed by atoms with Gasteiger partial charge in [-0.15, -0.1) is 0 Å². The number of amidine groups is 1. The molecule has 0 saturated heterocycles. The molecule has 0 saturated carbocycles. The lowest BCUT2D eigenvalue weighted by molar-refractivity contribution is 0.960. The van der Waals surface area contributed by atoms with Crippen LogP contribution in [0.3, 0.4) is 0 Å². The summed E-state index contributed by atoms with van der Waals surface area (Å²) in [6, 6.07) is 16.0. The number of benzene rings is 2. The molecule has 0 bridgehead atoms. The van der Waals surface area contributed by atoms with Crippen molar-refractivity contribution in [2.45, 2.75) is 0 Å². The molecule has 0 amide bonds. The van der Waals surface area contributed by atoms with Gasteiger partial charge in [-0.1, -0.05) is 48.2 Å². The molecule has 24 heavy (non-hydrogen) atoms. The van der Waals surface area contributed by atoms with Gasteiger partial charge in [-0.05, 0) is 12.1 Å². The Bertz CT molecular complexity index is 992. The maximum absolute atomic E-state index is 5.93.